The van der Waals surface area contributed by atoms with Crippen molar-refractivity contribution >= 4 is 72.2 Å². The van der Waals surface area contributed by atoms with E-state index in [0.29, 0.717) is 66.5 Å². The average Bonchev–Trinajstić information content (AvgIpc) is 0.727. The van der Waals surface area contributed by atoms with Crippen molar-refractivity contribution in [1.82, 2.24) is 0 Å². The van der Waals surface area contributed by atoms with Gasteiger partial charge in [0.05, 0.1) is 16.9 Å². The number of halogens is 19. The molecule has 0 N–H and O–H groups in total. The van der Waals surface area contributed by atoms with Crippen LogP contribution in [0, 0.1) is 73.9 Å². The summed E-state index contributed by atoms with van der Waals surface area (Å²) in [7, 11) is -9.54. The van der Waals surface area contributed by atoms with Crippen LogP contribution in [-0.4, -0.2) is 146 Å². The van der Waals surface area contributed by atoms with Crippen molar-refractivity contribution in [3.63, 3.8) is 0 Å². The Morgan fingerprint density at radius 1 is 0.409 bits per heavy atom. The molecule has 1 aromatic rings. The van der Waals surface area contributed by atoms with Gasteiger partial charge in [-0.1, -0.05) is 336 Å². The monoisotopic (exact) mass is 2290 g/mol. The molecule has 1 saturated carbocycles. The first kappa shape index (κ1) is 181. The number of ether oxygens (including phenoxy) is 6. The van der Waals surface area contributed by atoms with E-state index in [-0.39, 0.29) is 129 Å². The van der Waals surface area contributed by atoms with Crippen LogP contribution in [0.2, 0.25) is 77.1 Å². The second-order valence-electron chi connectivity index (χ2n) is 45.1. The maximum Gasteiger partial charge on any atom is 0.522 e. The molecular weight excluding hydrogens is 2060 g/mol. The van der Waals surface area contributed by atoms with Crippen LogP contribution in [0.1, 0.15) is 424 Å². The molecule has 0 aromatic heterocycles. The third-order valence-electron chi connectivity index (χ3n) is 25.1. The first-order chi connectivity index (χ1) is 61.8. The zero-order valence-corrected chi connectivity index (χ0v) is 98.1. The summed E-state index contributed by atoms with van der Waals surface area (Å²) in [6, 6.07) is 6.05. The van der Waals surface area contributed by atoms with Crippen LogP contribution in [-0.2, 0) is 74.5 Å². The summed E-state index contributed by atoms with van der Waals surface area (Å²) in [6.07, 6.45) is -20.1. The van der Waals surface area contributed by atoms with Gasteiger partial charge in [-0.15, -0.1) is 13.2 Å². The molecular formula is C110H227F19O15Si5. The van der Waals surface area contributed by atoms with Gasteiger partial charge in [0, 0.05) is 13.6 Å². The predicted octanol–water partition coefficient (Wildman–Crippen LogP) is 40.9. The highest BCUT2D eigenvalue weighted by atomic mass is 28.5. The number of alkyl halides is 19. The predicted molar refractivity (Wildman–Crippen MR) is 598 cm³/mol. The normalized spacial score (nSPS) is 17.5. The molecule has 0 amide bonds. The quantitative estimate of drug-likeness (QED) is 0.0281. The van der Waals surface area contributed by atoms with Crippen LogP contribution in [0.3, 0.4) is 0 Å². The highest BCUT2D eigenvalue weighted by molar-refractivity contribution is 6.93. The van der Waals surface area contributed by atoms with E-state index in [1.54, 1.807) is 34.6 Å². The summed E-state index contributed by atoms with van der Waals surface area (Å²) >= 11 is 0. The van der Waals surface area contributed by atoms with Crippen LogP contribution < -0.4 is 0 Å². The third-order valence-corrected chi connectivity index (χ3v) is 44.3. The number of hydrogen-bond donors (Lipinski definition) is 0. The Balaban J connectivity index is -0.0000000960. The lowest BCUT2D eigenvalue weighted by Crippen LogP contribution is -2.66. The molecule has 2 fully saturated rings. The van der Waals surface area contributed by atoms with E-state index in [0.717, 1.165) is 69.9 Å². The van der Waals surface area contributed by atoms with Crippen LogP contribution in [0.25, 0.3) is 0 Å². The fraction of sp³-hybridized carbons (Fsp3) is 0.900. The first-order valence-electron chi connectivity index (χ1n) is 49.5. The van der Waals surface area contributed by atoms with Gasteiger partial charge in [-0.3, -0.25) is 23.9 Å². The number of rotatable bonds is 33. The van der Waals surface area contributed by atoms with Crippen molar-refractivity contribution in [1.29, 1.82) is 0 Å². The lowest BCUT2D eigenvalue weighted by Gasteiger charge is -2.49. The Morgan fingerprint density at radius 2 is 0.765 bits per heavy atom. The SMILES string of the molecule is C.C.C.C.C.C.C.C.C.C.CCC(C)(C(=O)OC(C(C)C)C(C)C)C(F)(F)F.CCC(C)(C(=O)OC1CCC(C(C)(C)C)CC1)C(F)(F)F.CCC(C)(C)C(=O)OC(c1ccccc1)(C(F)(F)F)C(F)(F)F.CCC(C)(C)C(=O)OCC(F)(F)F.CCC(C)(F)C(=O)OC(CC(C)C)CC(C)C.CCC(C)CC(C)(C)CC.CCC(C)C[Si](C)(C)C.CCC(C)OC(F)(F)F.CCC(C)[Si]1(C)O[Si](C)(C)O[Si](C)(C)O[Si](C)(C)O1. The summed E-state index contributed by atoms with van der Waals surface area (Å²) in [4.78, 5) is 58.4. The van der Waals surface area contributed by atoms with Gasteiger partial charge in [-0.25, -0.2) is 9.18 Å². The van der Waals surface area contributed by atoms with E-state index in [2.05, 4.69) is 190 Å². The van der Waals surface area contributed by atoms with Gasteiger partial charge in [-0.2, -0.15) is 65.9 Å². The number of carbonyl (C=O) groups is 5. The van der Waals surface area contributed by atoms with Gasteiger partial charge in [0.25, 0.3) is 0 Å². The number of benzene rings is 1. The van der Waals surface area contributed by atoms with Crippen molar-refractivity contribution in [2.75, 3.05) is 6.61 Å². The summed E-state index contributed by atoms with van der Waals surface area (Å²) in [6.45, 7) is 82.7. The van der Waals surface area contributed by atoms with Crippen LogP contribution in [0.5, 0.6) is 0 Å². The molecule has 3 rings (SSSR count). The number of esters is 5. The van der Waals surface area contributed by atoms with E-state index >= 15 is 0 Å². The molecule has 0 radical (unpaired) electrons. The maximum absolute atomic E-state index is 13.8. The second kappa shape index (κ2) is 75.2. The Kier molecular flexibility index (Phi) is 91.3. The minimum absolute atomic E-state index is 0. The Morgan fingerprint density at radius 3 is 1.03 bits per heavy atom. The fourth-order valence-electron chi connectivity index (χ4n) is 14.0. The summed E-state index contributed by atoms with van der Waals surface area (Å²) < 4.78 is 294. The molecule has 910 valence electrons. The summed E-state index contributed by atoms with van der Waals surface area (Å²) in [5, 5.41) is 0. The minimum atomic E-state index is -5.87. The van der Waals surface area contributed by atoms with Crippen molar-refractivity contribution < 1.29 is 152 Å². The zero-order valence-electron chi connectivity index (χ0n) is 93.1. The van der Waals surface area contributed by atoms with E-state index < -0.39 is 167 Å². The van der Waals surface area contributed by atoms with Gasteiger partial charge in [-0.05, 0) is 242 Å². The van der Waals surface area contributed by atoms with Crippen molar-refractivity contribution in [2.45, 2.75) is 569 Å². The Labute approximate surface area is 904 Å². The molecule has 7 unspecified atom stereocenters. The van der Waals surface area contributed by atoms with Crippen LogP contribution in [0.15, 0.2) is 30.3 Å². The zero-order chi connectivity index (χ0) is 112. The summed E-state index contributed by atoms with van der Waals surface area (Å²) in [5.74, 6) is -2.15. The standard InChI is InChI=1S/C16H27F3O2.C15H16F6O2.C14H27FO2.C13H23F3O2.C11H30O4Si4.C10H22.C8H13F3O2.C8H20Si.C5H9F3O.10CH4/c1-6-15(5,16(17,18)19)13(20)21-12-9-7-11(8-10-12)14(2,3)4;1-4-12(2,3)11(22)23-13(14(16,17)18,15(19,20)21)10-8-6-5-7-9-10;1-7-14(6,15)13(16)17-12(8-10(2)3)9-11(4)5;1-7-12(6,13(14,15)16)11(17)18-10(8(2)3)9(4)5;1-10-11(2)19(9)14-17(5,6)12-16(3,4)13-18(7,8)15-19;1-6-9(3)8-10(4,5)7-2;1-4-7(2,3)6(12)13-5-8(9,10)11;1-6-8(2)7-9(3,4)5;1-3-4(2)9-5(6,7)8;;;;;;;;;;/h11-12H,6-10H2,1-5H3;5-9H,4H2,1-3H3;10-12H,7-9H2,1-6H3;8-10H,7H2,1-6H3;11H,10H2,1-9H3;9H,6-8H2,1-5H3;4-5H2,1-3H3;8H,6-7H2,1-5H3;4H,3H2,1-2H3;10*1H4. The lowest BCUT2D eigenvalue weighted by molar-refractivity contribution is -0.379. The van der Waals surface area contributed by atoms with Gasteiger partial charge in [0.2, 0.25) is 5.67 Å². The maximum atomic E-state index is 13.8. The Hall–Kier alpha value is -3.88. The van der Waals surface area contributed by atoms with Crippen LogP contribution in [0.4, 0.5) is 83.4 Å². The largest absolute Gasteiger partial charge is 0.522 e. The molecule has 0 bridgehead atoms. The van der Waals surface area contributed by atoms with Gasteiger partial charge in [0.1, 0.15) is 18.3 Å². The lowest BCUT2D eigenvalue weighted by atomic mass is 9.72. The molecule has 2 aliphatic rings. The van der Waals surface area contributed by atoms with E-state index in [4.69, 9.17) is 30.7 Å². The topological polar surface area (TPSA) is 178 Å². The fourth-order valence-corrected chi connectivity index (χ4v) is 38.2. The highest BCUT2D eigenvalue weighted by Crippen LogP contribution is 2.55. The third kappa shape index (κ3) is 71.3. The van der Waals surface area contributed by atoms with Gasteiger partial charge >= 0.3 is 107 Å². The average molecular weight is 2290 g/mol. The van der Waals surface area contributed by atoms with E-state index in [1.165, 1.54) is 86.3 Å². The first-order valence-corrected chi connectivity index (χ1v) is 64.0. The molecule has 7 atom stereocenters. The molecule has 1 aromatic carbocycles. The molecule has 1 aliphatic heterocycles. The molecule has 1 aliphatic carbocycles. The molecule has 1 saturated heterocycles. The number of hydrogen-bond acceptors (Lipinski definition) is 15. The molecule has 15 nitrogen and oxygen atoms in total. The molecule has 1 heterocycles. The van der Waals surface area contributed by atoms with E-state index in [9.17, 15) is 107 Å². The second-order valence-corrected chi connectivity index (χ2v) is 65.3. The highest BCUT2D eigenvalue weighted by Gasteiger charge is 2.76. The van der Waals surface area contributed by atoms with Crippen molar-refractivity contribution in [3.05, 3.63) is 35.9 Å². The molecule has 0 spiro atoms. The Bertz CT molecular complexity index is 3500. The molecule has 39 heteroatoms. The van der Waals surface area contributed by atoms with Crippen molar-refractivity contribution in [2.24, 2.45) is 73.9 Å². The van der Waals surface area contributed by atoms with Crippen molar-refractivity contribution in [3.8, 4) is 0 Å². The molecule has 149 heavy (non-hydrogen) atoms. The van der Waals surface area contributed by atoms with Gasteiger partial charge in [0.15, 0.2) is 17.4 Å². The van der Waals surface area contributed by atoms with E-state index in [1.807, 2.05) is 27.7 Å². The summed E-state index contributed by atoms with van der Waals surface area (Å²) in [5.41, 5.74) is -13.7. The number of carbonyl (C=O) groups excluding carboxylic acids is 5. The smallest absolute Gasteiger partial charge is 0.462 e. The van der Waals surface area contributed by atoms with Crippen LogP contribution >= 0.6 is 0 Å². The van der Waals surface area contributed by atoms with Gasteiger partial charge < -0.3 is 40.1 Å². The minimum Gasteiger partial charge on any atom is -0.462 e.